The van der Waals surface area contributed by atoms with E-state index < -0.39 is 13.0 Å². The number of benzene rings is 1. The van der Waals surface area contributed by atoms with Gasteiger partial charge in [-0.05, 0) is 36.5 Å². The second-order valence-corrected chi connectivity index (χ2v) is 7.32. The SMILES string of the molecule is CCC1=Cc2cc(Nc3nn(C4COCC[C@@H]4C#N)cc3C(N)=O)ccc2OB1O. The number of nitrogens with two attached hydrogens (primary N) is 1. The average Bonchev–Trinajstić information content (AvgIpc) is 3.17. The van der Waals surface area contributed by atoms with Crippen LogP contribution in [0, 0.1) is 17.2 Å². The Balaban J connectivity index is 1.64. The maximum Gasteiger partial charge on any atom is 0.555 e. The fourth-order valence-electron chi connectivity index (χ4n) is 3.70. The molecule has 1 aromatic heterocycles. The van der Waals surface area contributed by atoms with Gasteiger partial charge in [0, 0.05) is 24.1 Å². The number of allylic oxidation sites excluding steroid dienone is 1. The minimum absolute atomic E-state index is 0.228. The minimum atomic E-state index is -0.940. The number of fused-ring (bicyclic) bond motifs is 1. The number of carbonyl (C=O) groups excluding carboxylic acids is 1. The normalized spacial score (nSPS) is 20.6. The van der Waals surface area contributed by atoms with Crippen LogP contribution >= 0.6 is 0 Å². The van der Waals surface area contributed by atoms with Gasteiger partial charge >= 0.3 is 7.12 Å². The van der Waals surface area contributed by atoms with E-state index in [1.807, 2.05) is 19.1 Å². The maximum absolute atomic E-state index is 12.0. The van der Waals surface area contributed by atoms with E-state index in [-0.39, 0.29) is 17.5 Å². The number of aromatic nitrogens is 2. The molecule has 2 aliphatic rings. The molecule has 1 unspecified atom stereocenters. The average molecular weight is 407 g/mol. The van der Waals surface area contributed by atoms with Crippen molar-refractivity contribution in [2.45, 2.75) is 25.8 Å². The van der Waals surface area contributed by atoms with Gasteiger partial charge in [-0.2, -0.15) is 10.4 Å². The largest absolute Gasteiger partial charge is 0.555 e. The molecule has 1 saturated heterocycles. The highest BCUT2D eigenvalue weighted by Crippen LogP contribution is 2.33. The van der Waals surface area contributed by atoms with Crippen LogP contribution < -0.4 is 15.7 Å². The maximum atomic E-state index is 12.0. The van der Waals surface area contributed by atoms with Crippen LogP contribution in [0.1, 0.15) is 41.7 Å². The highest BCUT2D eigenvalue weighted by atomic mass is 16.5. The van der Waals surface area contributed by atoms with Crippen LogP contribution in [0.3, 0.4) is 0 Å². The Bertz CT molecular complexity index is 1040. The number of nitrogens with zero attached hydrogens (tertiary/aromatic N) is 3. The molecular weight excluding hydrogens is 385 g/mol. The number of ether oxygens (including phenoxy) is 1. The van der Waals surface area contributed by atoms with Gasteiger partial charge in [0.1, 0.15) is 11.3 Å². The molecule has 2 aliphatic heterocycles. The van der Waals surface area contributed by atoms with Crippen LogP contribution in [0.5, 0.6) is 5.75 Å². The smallest absolute Gasteiger partial charge is 0.532 e. The number of amides is 1. The lowest BCUT2D eigenvalue weighted by Gasteiger charge is -2.26. The fraction of sp³-hybridized carbons (Fsp3) is 0.350. The minimum Gasteiger partial charge on any atom is -0.532 e. The number of primary amides is 1. The molecule has 0 spiro atoms. The molecule has 0 aliphatic carbocycles. The Morgan fingerprint density at radius 2 is 2.37 bits per heavy atom. The molecule has 2 aromatic rings. The zero-order chi connectivity index (χ0) is 21.3. The summed E-state index contributed by atoms with van der Waals surface area (Å²) >= 11 is 0. The van der Waals surface area contributed by atoms with Gasteiger partial charge in [0.25, 0.3) is 5.91 Å². The van der Waals surface area contributed by atoms with E-state index in [4.69, 9.17) is 15.1 Å². The van der Waals surface area contributed by atoms with Gasteiger partial charge in [-0.15, -0.1) is 0 Å². The molecule has 10 heteroatoms. The Kier molecular flexibility index (Phi) is 5.48. The lowest BCUT2D eigenvalue weighted by atomic mass is 9.74. The molecule has 1 aromatic carbocycles. The van der Waals surface area contributed by atoms with Crippen LogP contribution in [0.15, 0.2) is 29.9 Å². The summed E-state index contributed by atoms with van der Waals surface area (Å²) in [6.45, 7) is 2.82. The standard InChI is InChI=1S/C20H22BN5O4/c1-2-14-7-13-8-15(3-4-18(13)30-21(14)28)24-20-16(19(23)27)10-26(25-20)17-11-29-6-5-12(17)9-22/h3-4,7-8,10,12,17,28H,2,5-6,11H2,1H3,(H2,23,27)(H,24,25)/t12-,17?/m1/s1. The van der Waals surface area contributed by atoms with E-state index in [1.54, 1.807) is 23.0 Å². The quantitative estimate of drug-likeness (QED) is 0.646. The van der Waals surface area contributed by atoms with Crippen molar-refractivity contribution in [3.8, 4) is 11.8 Å². The van der Waals surface area contributed by atoms with Gasteiger partial charge < -0.3 is 25.5 Å². The molecule has 9 nitrogen and oxygen atoms in total. The first-order chi connectivity index (χ1) is 14.5. The Labute approximate surface area is 174 Å². The third-order valence-corrected chi connectivity index (χ3v) is 5.41. The highest BCUT2D eigenvalue weighted by Gasteiger charge is 2.30. The Morgan fingerprint density at radius 3 is 3.10 bits per heavy atom. The number of hydrogen-bond acceptors (Lipinski definition) is 7. The molecule has 0 bridgehead atoms. The lowest BCUT2D eigenvalue weighted by molar-refractivity contribution is 0.0342. The number of hydrogen-bond donors (Lipinski definition) is 3. The summed E-state index contributed by atoms with van der Waals surface area (Å²) in [5.41, 5.74) is 8.06. The molecule has 4 N–H and O–H groups in total. The zero-order valence-corrected chi connectivity index (χ0v) is 16.5. The van der Waals surface area contributed by atoms with E-state index in [0.717, 1.165) is 11.0 Å². The Hall–Kier alpha value is -3.29. The molecule has 1 fully saturated rings. The molecule has 3 heterocycles. The third-order valence-electron chi connectivity index (χ3n) is 5.41. The molecule has 4 rings (SSSR count). The van der Waals surface area contributed by atoms with Crippen molar-refractivity contribution in [2.75, 3.05) is 18.5 Å². The number of anilines is 2. The molecule has 0 radical (unpaired) electrons. The van der Waals surface area contributed by atoms with E-state index in [1.165, 1.54) is 0 Å². The van der Waals surface area contributed by atoms with E-state index in [9.17, 15) is 15.1 Å². The number of nitrogens with one attached hydrogen (secondary N) is 1. The summed E-state index contributed by atoms with van der Waals surface area (Å²) in [6.07, 6.45) is 4.72. The monoisotopic (exact) mass is 407 g/mol. The summed E-state index contributed by atoms with van der Waals surface area (Å²) in [5, 5.41) is 27.0. The van der Waals surface area contributed by atoms with Crippen molar-refractivity contribution < 1.29 is 19.2 Å². The Morgan fingerprint density at radius 1 is 1.53 bits per heavy atom. The highest BCUT2D eigenvalue weighted by molar-refractivity contribution is 6.54. The van der Waals surface area contributed by atoms with Gasteiger partial charge in [-0.3, -0.25) is 9.48 Å². The number of carbonyl (C=O) groups is 1. The van der Waals surface area contributed by atoms with Crippen molar-refractivity contribution >= 4 is 30.6 Å². The van der Waals surface area contributed by atoms with Crippen molar-refractivity contribution in [1.29, 1.82) is 5.26 Å². The summed E-state index contributed by atoms with van der Waals surface area (Å²) in [5.74, 6) is 0.00649. The zero-order valence-electron chi connectivity index (χ0n) is 16.5. The summed E-state index contributed by atoms with van der Waals surface area (Å²) in [7, 11) is -0.940. The van der Waals surface area contributed by atoms with E-state index in [2.05, 4.69) is 16.5 Å². The van der Waals surface area contributed by atoms with Crippen molar-refractivity contribution in [1.82, 2.24) is 9.78 Å². The van der Waals surface area contributed by atoms with Gasteiger partial charge in [0.05, 0.1) is 24.6 Å². The number of rotatable bonds is 5. The van der Waals surface area contributed by atoms with Crippen LogP contribution in [0.2, 0.25) is 0 Å². The first-order valence-corrected chi connectivity index (χ1v) is 9.82. The van der Waals surface area contributed by atoms with Crippen molar-refractivity contribution in [3.63, 3.8) is 0 Å². The molecule has 154 valence electrons. The summed E-state index contributed by atoms with van der Waals surface area (Å²) < 4.78 is 12.6. The third kappa shape index (κ3) is 3.77. The molecule has 2 atom stereocenters. The molecule has 1 amide bonds. The van der Waals surface area contributed by atoms with Gasteiger partial charge in [-0.1, -0.05) is 13.0 Å². The van der Waals surface area contributed by atoms with E-state index >= 15 is 0 Å². The lowest BCUT2D eigenvalue weighted by Crippen LogP contribution is -2.29. The molecule has 0 saturated carbocycles. The first kappa shape index (κ1) is 20.0. The van der Waals surface area contributed by atoms with Crippen molar-refractivity contribution in [2.24, 2.45) is 11.7 Å². The van der Waals surface area contributed by atoms with E-state index in [0.29, 0.717) is 43.3 Å². The summed E-state index contributed by atoms with van der Waals surface area (Å²) in [6, 6.07) is 7.36. The second-order valence-electron chi connectivity index (χ2n) is 7.32. The topological polar surface area (TPSA) is 135 Å². The molecule has 30 heavy (non-hydrogen) atoms. The van der Waals surface area contributed by atoms with Crippen LogP contribution in [0.4, 0.5) is 11.5 Å². The van der Waals surface area contributed by atoms with Crippen LogP contribution in [-0.4, -0.2) is 41.0 Å². The predicted molar refractivity (Wildman–Crippen MR) is 111 cm³/mol. The second kappa shape index (κ2) is 8.22. The van der Waals surface area contributed by atoms with Crippen LogP contribution in [-0.2, 0) is 4.74 Å². The molecular formula is C20H22BN5O4. The van der Waals surface area contributed by atoms with Gasteiger partial charge in [-0.25, -0.2) is 0 Å². The van der Waals surface area contributed by atoms with Gasteiger partial charge in [0.15, 0.2) is 5.82 Å². The predicted octanol–water partition coefficient (Wildman–Crippen LogP) is 2.03. The van der Waals surface area contributed by atoms with Gasteiger partial charge in [0.2, 0.25) is 0 Å². The van der Waals surface area contributed by atoms with Crippen molar-refractivity contribution in [3.05, 3.63) is 41.0 Å². The van der Waals surface area contributed by atoms with Crippen LogP contribution in [0.25, 0.3) is 6.08 Å². The number of nitriles is 1. The summed E-state index contributed by atoms with van der Waals surface area (Å²) in [4.78, 5) is 12.0. The fourth-order valence-corrected chi connectivity index (χ4v) is 3.70. The first-order valence-electron chi connectivity index (χ1n) is 9.82.